The minimum Gasteiger partial charge on any atom is -0.457 e. The number of aliphatic hydroxyl groups is 1. The molecule has 32 heavy (non-hydrogen) atoms. The van der Waals surface area contributed by atoms with E-state index in [1.165, 1.54) is 0 Å². The second kappa shape index (κ2) is 8.17. The average molecular weight is 443 g/mol. The number of piperidine rings is 1. The predicted octanol–water partition coefficient (Wildman–Crippen LogP) is 1.70. The zero-order chi connectivity index (χ0) is 22.5. The number of likely N-dealkylation sites (tertiary alicyclic amines) is 1. The molecular formula is C24H30N2O6. The van der Waals surface area contributed by atoms with Gasteiger partial charge in [-0.1, -0.05) is 6.07 Å². The first-order chi connectivity index (χ1) is 15.4. The van der Waals surface area contributed by atoms with Crippen LogP contribution in [0.5, 0.6) is 0 Å². The highest BCUT2D eigenvalue weighted by molar-refractivity contribution is 5.94. The second-order valence-electron chi connectivity index (χ2n) is 9.30. The summed E-state index contributed by atoms with van der Waals surface area (Å²) in [5, 5.41) is 10.9. The number of fused-ring (bicyclic) bond motifs is 1. The Labute approximate surface area is 187 Å². The molecule has 1 aromatic rings. The number of carbonyl (C=O) groups is 2. The van der Waals surface area contributed by atoms with Gasteiger partial charge in [-0.05, 0) is 43.9 Å². The van der Waals surface area contributed by atoms with Crippen molar-refractivity contribution >= 4 is 11.9 Å². The van der Waals surface area contributed by atoms with Crippen LogP contribution in [0.25, 0.3) is 0 Å². The first-order valence-corrected chi connectivity index (χ1v) is 11.3. The fourth-order valence-electron chi connectivity index (χ4n) is 5.39. The Kier molecular flexibility index (Phi) is 5.47. The minimum absolute atomic E-state index is 0.220. The van der Waals surface area contributed by atoms with Gasteiger partial charge in [0, 0.05) is 38.3 Å². The van der Waals surface area contributed by atoms with Crippen molar-refractivity contribution in [2.45, 2.75) is 45.0 Å². The molecule has 8 nitrogen and oxygen atoms in total. The highest BCUT2D eigenvalue weighted by Crippen LogP contribution is 2.34. The number of hydrogen-bond donors (Lipinski definition) is 1. The van der Waals surface area contributed by atoms with E-state index in [0.29, 0.717) is 30.9 Å². The lowest BCUT2D eigenvalue weighted by molar-refractivity contribution is -0.137. The van der Waals surface area contributed by atoms with Crippen LogP contribution < -0.4 is 0 Å². The maximum absolute atomic E-state index is 11.8. The smallest absolute Gasteiger partial charge is 0.338 e. The number of β-amino-alcohol motifs (C(OH)–C–C–N with tert-alkyl or cyclic N) is 1. The van der Waals surface area contributed by atoms with E-state index >= 15 is 0 Å². The quantitative estimate of drug-likeness (QED) is 0.705. The van der Waals surface area contributed by atoms with Crippen molar-refractivity contribution in [3.05, 3.63) is 45.7 Å². The Morgan fingerprint density at radius 2 is 1.81 bits per heavy atom. The van der Waals surface area contributed by atoms with Crippen molar-refractivity contribution in [3.8, 4) is 0 Å². The Morgan fingerprint density at radius 1 is 1.06 bits per heavy atom. The van der Waals surface area contributed by atoms with E-state index in [4.69, 9.17) is 14.2 Å². The van der Waals surface area contributed by atoms with E-state index in [0.717, 1.165) is 61.4 Å². The molecule has 1 atom stereocenters. The number of aliphatic hydroxyl groups excluding tert-OH is 1. The van der Waals surface area contributed by atoms with Gasteiger partial charge in [0.25, 0.3) is 0 Å². The number of rotatable bonds is 4. The van der Waals surface area contributed by atoms with Crippen LogP contribution in [0.3, 0.4) is 0 Å². The fourth-order valence-corrected chi connectivity index (χ4v) is 5.39. The van der Waals surface area contributed by atoms with Gasteiger partial charge in [-0.2, -0.15) is 0 Å². The van der Waals surface area contributed by atoms with Crippen molar-refractivity contribution in [1.82, 2.24) is 9.80 Å². The largest absolute Gasteiger partial charge is 0.457 e. The summed E-state index contributed by atoms with van der Waals surface area (Å²) < 4.78 is 16.6. The van der Waals surface area contributed by atoms with Crippen molar-refractivity contribution in [2.24, 2.45) is 0 Å². The number of hydrogen-bond acceptors (Lipinski definition) is 8. The van der Waals surface area contributed by atoms with Crippen molar-refractivity contribution in [1.29, 1.82) is 0 Å². The van der Waals surface area contributed by atoms with Crippen LogP contribution in [0.4, 0.5) is 0 Å². The lowest BCUT2D eigenvalue weighted by atomic mass is 9.88. The van der Waals surface area contributed by atoms with Crippen LogP contribution in [0.1, 0.15) is 52.9 Å². The first kappa shape index (κ1) is 21.4. The van der Waals surface area contributed by atoms with E-state index in [1.54, 1.807) is 6.07 Å². The van der Waals surface area contributed by atoms with E-state index in [1.807, 2.05) is 19.9 Å². The molecule has 0 radical (unpaired) electrons. The number of morpholine rings is 1. The maximum Gasteiger partial charge on any atom is 0.338 e. The molecule has 4 aliphatic heterocycles. The molecule has 8 heteroatoms. The molecule has 0 aromatic heterocycles. The van der Waals surface area contributed by atoms with Gasteiger partial charge in [0.1, 0.15) is 13.2 Å². The number of carbonyl (C=O) groups excluding carboxylic acids is 2. The lowest BCUT2D eigenvalue weighted by Gasteiger charge is -2.48. The summed E-state index contributed by atoms with van der Waals surface area (Å²) in [6.45, 7) is 8.82. The number of ether oxygens (including phenoxy) is 3. The van der Waals surface area contributed by atoms with Gasteiger partial charge in [0.2, 0.25) is 0 Å². The summed E-state index contributed by atoms with van der Waals surface area (Å²) in [5.74, 6) is -0.506. The monoisotopic (exact) mass is 442 g/mol. The van der Waals surface area contributed by atoms with E-state index in [2.05, 4.69) is 9.80 Å². The Morgan fingerprint density at radius 3 is 2.53 bits per heavy atom. The summed E-state index contributed by atoms with van der Waals surface area (Å²) in [4.78, 5) is 28.1. The standard InChI is InChI=1S/C24H30N2O6/c1-15-17(3-4-18-19(15)12-30-23(18)29)21(27)11-25-7-5-24(6-8-25)14-26(9-10-32-24)20-13-31-22(28)16(20)2/h3-4,21,27H,5-14H2,1-2H3. The van der Waals surface area contributed by atoms with Crippen LogP contribution in [-0.4, -0.2) is 78.4 Å². The third kappa shape index (κ3) is 3.70. The highest BCUT2D eigenvalue weighted by atomic mass is 16.5. The molecule has 2 saturated heterocycles. The zero-order valence-corrected chi connectivity index (χ0v) is 18.7. The SMILES string of the molecule is CC1=C(N2CCOC3(CCN(CC(O)c4ccc5c(c4C)COC5=O)CC3)C2)COC1=O. The van der Waals surface area contributed by atoms with Crippen LogP contribution >= 0.6 is 0 Å². The molecule has 1 unspecified atom stereocenters. The molecule has 0 amide bonds. The topological polar surface area (TPSA) is 88.5 Å². The molecule has 1 spiro atoms. The van der Waals surface area contributed by atoms with E-state index in [-0.39, 0.29) is 24.1 Å². The van der Waals surface area contributed by atoms with Crippen LogP contribution in [0.2, 0.25) is 0 Å². The molecule has 172 valence electrons. The third-order valence-electron chi connectivity index (χ3n) is 7.47. The normalized spacial score (nSPS) is 24.0. The Hall–Kier alpha value is -2.42. The van der Waals surface area contributed by atoms with Gasteiger partial charge >= 0.3 is 11.9 Å². The van der Waals surface area contributed by atoms with Gasteiger partial charge in [-0.15, -0.1) is 0 Å². The molecule has 5 rings (SSSR count). The van der Waals surface area contributed by atoms with Gasteiger partial charge in [0.15, 0.2) is 0 Å². The number of cyclic esters (lactones) is 2. The van der Waals surface area contributed by atoms with Crippen LogP contribution in [0, 0.1) is 6.92 Å². The summed E-state index contributed by atoms with van der Waals surface area (Å²) in [6.07, 6.45) is 1.13. The van der Waals surface area contributed by atoms with E-state index < -0.39 is 6.10 Å². The Bertz CT molecular complexity index is 979. The highest BCUT2D eigenvalue weighted by Gasteiger charge is 2.42. The zero-order valence-electron chi connectivity index (χ0n) is 18.7. The molecule has 4 aliphatic rings. The summed E-state index contributed by atoms with van der Waals surface area (Å²) >= 11 is 0. The van der Waals surface area contributed by atoms with Crippen molar-refractivity contribution < 1.29 is 28.9 Å². The summed E-state index contributed by atoms with van der Waals surface area (Å²) in [7, 11) is 0. The molecular weight excluding hydrogens is 412 g/mol. The molecule has 0 bridgehead atoms. The van der Waals surface area contributed by atoms with Gasteiger partial charge in [-0.3, -0.25) is 0 Å². The van der Waals surface area contributed by atoms with Crippen LogP contribution in [-0.2, 0) is 25.6 Å². The first-order valence-electron chi connectivity index (χ1n) is 11.3. The molecule has 0 aliphatic carbocycles. The van der Waals surface area contributed by atoms with Gasteiger partial charge in [-0.25, -0.2) is 9.59 Å². The minimum atomic E-state index is -0.622. The van der Waals surface area contributed by atoms with Crippen molar-refractivity contribution in [2.75, 3.05) is 45.9 Å². The lowest BCUT2D eigenvalue weighted by Crippen LogP contribution is -2.57. The number of benzene rings is 1. The molecule has 1 aromatic carbocycles. The maximum atomic E-state index is 11.8. The van der Waals surface area contributed by atoms with Gasteiger partial charge in [0.05, 0.1) is 35.1 Å². The predicted molar refractivity (Wildman–Crippen MR) is 115 cm³/mol. The molecule has 4 heterocycles. The Balaban J connectivity index is 1.21. The fraction of sp³-hybridized carbons (Fsp3) is 0.583. The van der Waals surface area contributed by atoms with Crippen molar-refractivity contribution in [3.63, 3.8) is 0 Å². The van der Waals surface area contributed by atoms with Gasteiger partial charge < -0.3 is 29.1 Å². The van der Waals surface area contributed by atoms with E-state index in [9.17, 15) is 14.7 Å². The number of nitrogens with zero attached hydrogens (tertiary/aromatic N) is 2. The summed E-state index contributed by atoms with van der Waals surface area (Å²) in [5.41, 5.74) is 4.77. The second-order valence-corrected chi connectivity index (χ2v) is 9.30. The average Bonchev–Trinajstić information content (AvgIpc) is 3.33. The van der Waals surface area contributed by atoms with Crippen LogP contribution in [0.15, 0.2) is 23.4 Å². The molecule has 0 saturated carbocycles. The summed E-state index contributed by atoms with van der Waals surface area (Å²) in [6, 6.07) is 3.61. The number of esters is 2. The molecule has 1 N–H and O–H groups in total. The third-order valence-corrected chi connectivity index (χ3v) is 7.47. The molecule has 2 fully saturated rings.